The van der Waals surface area contributed by atoms with Crippen LogP contribution in [0.15, 0.2) is 24.3 Å². The molecule has 0 aliphatic carbocycles. The van der Waals surface area contributed by atoms with Crippen LogP contribution in [-0.2, 0) is 0 Å². The van der Waals surface area contributed by atoms with Crippen LogP contribution in [0.2, 0.25) is 10.0 Å². The molecule has 66 valence electrons. The van der Waals surface area contributed by atoms with E-state index in [1.807, 2.05) is 6.07 Å². The number of nitrogens with two attached hydrogens (primary N) is 1. The lowest BCUT2D eigenvalue weighted by Gasteiger charge is -2.01. The van der Waals surface area contributed by atoms with Gasteiger partial charge in [0.05, 0.1) is 16.1 Å². The summed E-state index contributed by atoms with van der Waals surface area (Å²) >= 11 is 11.5. The van der Waals surface area contributed by atoms with Crippen molar-refractivity contribution in [1.29, 1.82) is 5.26 Å². The first-order chi connectivity index (χ1) is 6.15. The predicted octanol–water partition coefficient (Wildman–Crippen LogP) is 2.82. The summed E-state index contributed by atoms with van der Waals surface area (Å²) in [5, 5.41) is 9.25. The summed E-state index contributed by atoms with van der Waals surface area (Å²) in [6, 6.07) is 6.80. The van der Waals surface area contributed by atoms with Crippen LogP contribution in [0.3, 0.4) is 0 Å². The van der Waals surface area contributed by atoms with Crippen molar-refractivity contribution < 1.29 is 0 Å². The van der Waals surface area contributed by atoms with Gasteiger partial charge in [-0.25, -0.2) is 0 Å². The van der Waals surface area contributed by atoms with Crippen molar-refractivity contribution in [3.05, 3.63) is 39.9 Å². The molecular weight excluding hydrogens is 207 g/mol. The van der Waals surface area contributed by atoms with E-state index in [-0.39, 0.29) is 0 Å². The summed E-state index contributed by atoms with van der Waals surface area (Å²) in [5.74, 6) is 0. The van der Waals surface area contributed by atoms with Gasteiger partial charge in [0.25, 0.3) is 0 Å². The van der Waals surface area contributed by atoms with Crippen molar-refractivity contribution in [3.63, 3.8) is 0 Å². The van der Waals surface area contributed by atoms with E-state index >= 15 is 0 Å². The largest absolute Gasteiger partial charge is 0.398 e. The number of nitriles is 1. The zero-order valence-electron chi connectivity index (χ0n) is 6.59. The lowest BCUT2D eigenvalue weighted by molar-refractivity contribution is 1.49. The summed E-state index contributed by atoms with van der Waals surface area (Å²) < 4.78 is 0. The molecule has 0 spiro atoms. The van der Waals surface area contributed by atoms with E-state index in [4.69, 9.17) is 34.2 Å². The molecule has 4 heteroatoms. The lowest BCUT2D eigenvalue weighted by Crippen LogP contribution is -1.95. The Morgan fingerprint density at radius 2 is 2.08 bits per heavy atom. The first-order valence-corrected chi connectivity index (χ1v) is 4.21. The van der Waals surface area contributed by atoms with Crippen LogP contribution < -0.4 is 5.73 Å². The molecule has 1 rings (SSSR count). The quantitative estimate of drug-likeness (QED) is 0.729. The molecule has 0 aromatic heterocycles. The minimum atomic E-state index is 0.376. The minimum Gasteiger partial charge on any atom is -0.398 e. The maximum absolute atomic E-state index is 8.36. The molecule has 2 nitrogen and oxygen atoms in total. The molecule has 0 fully saturated rings. The maximum Gasteiger partial charge on any atom is 0.0933 e. The Bertz CT molecular complexity index is 391. The smallest absolute Gasteiger partial charge is 0.0933 e. The van der Waals surface area contributed by atoms with Crippen LogP contribution >= 0.6 is 23.2 Å². The molecule has 0 atom stereocenters. The second-order valence-electron chi connectivity index (χ2n) is 2.36. The Kier molecular flexibility index (Phi) is 3.18. The first kappa shape index (κ1) is 9.91. The summed E-state index contributed by atoms with van der Waals surface area (Å²) in [4.78, 5) is 0. The Labute approximate surface area is 86.2 Å². The van der Waals surface area contributed by atoms with Gasteiger partial charge in [-0.2, -0.15) is 5.26 Å². The van der Waals surface area contributed by atoms with Crippen molar-refractivity contribution in [1.82, 2.24) is 0 Å². The van der Waals surface area contributed by atoms with Crippen molar-refractivity contribution in [2.75, 3.05) is 0 Å². The summed E-state index contributed by atoms with van der Waals surface area (Å²) in [5.41, 5.74) is 6.63. The Morgan fingerprint density at radius 3 is 2.62 bits per heavy atom. The van der Waals surface area contributed by atoms with Gasteiger partial charge < -0.3 is 5.73 Å². The number of halogens is 2. The number of benzene rings is 1. The number of nitrogens with zero attached hydrogens (tertiary/aromatic N) is 1. The van der Waals surface area contributed by atoms with Gasteiger partial charge in [-0.3, -0.25) is 0 Å². The van der Waals surface area contributed by atoms with Crippen molar-refractivity contribution in [2.45, 2.75) is 0 Å². The average Bonchev–Trinajstić information content (AvgIpc) is 2.10. The normalized spacial score (nSPS) is 11.0. The molecule has 0 amide bonds. The number of hydrogen-bond donors (Lipinski definition) is 1. The van der Waals surface area contributed by atoms with Gasteiger partial charge in [0.1, 0.15) is 0 Å². The summed E-state index contributed by atoms with van der Waals surface area (Å²) in [6.45, 7) is 0. The molecule has 13 heavy (non-hydrogen) atoms. The molecule has 0 saturated heterocycles. The van der Waals surface area contributed by atoms with Gasteiger partial charge in [0.15, 0.2) is 0 Å². The lowest BCUT2D eigenvalue weighted by atomic mass is 10.1. The summed E-state index contributed by atoms with van der Waals surface area (Å²) in [7, 11) is 0. The van der Waals surface area contributed by atoms with E-state index in [0.29, 0.717) is 21.3 Å². The van der Waals surface area contributed by atoms with E-state index in [2.05, 4.69) is 0 Å². The highest BCUT2D eigenvalue weighted by atomic mass is 35.5. The Morgan fingerprint density at radius 1 is 1.38 bits per heavy atom. The highest BCUT2D eigenvalue weighted by molar-refractivity contribution is 6.42. The highest BCUT2D eigenvalue weighted by Gasteiger charge is 2.00. The zero-order valence-corrected chi connectivity index (χ0v) is 8.10. The minimum absolute atomic E-state index is 0.376. The van der Waals surface area contributed by atoms with Gasteiger partial charge in [0, 0.05) is 11.8 Å². The number of rotatable bonds is 1. The molecule has 0 radical (unpaired) electrons. The maximum atomic E-state index is 8.36. The second kappa shape index (κ2) is 4.18. The molecule has 0 aliphatic rings. The average molecular weight is 213 g/mol. The van der Waals surface area contributed by atoms with Crippen LogP contribution in [0.25, 0.3) is 5.70 Å². The third-order valence-corrected chi connectivity index (χ3v) is 2.21. The van der Waals surface area contributed by atoms with Gasteiger partial charge in [-0.05, 0) is 17.7 Å². The Hall–Kier alpha value is -1.17. The monoisotopic (exact) mass is 212 g/mol. The molecule has 0 bridgehead atoms. The topological polar surface area (TPSA) is 49.8 Å². The molecular formula is C9H6Cl2N2. The van der Waals surface area contributed by atoms with Crippen LogP contribution in [0.1, 0.15) is 5.56 Å². The molecule has 0 saturated carbocycles. The predicted molar refractivity (Wildman–Crippen MR) is 54.2 cm³/mol. The van der Waals surface area contributed by atoms with Crippen molar-refractivity contribution >= 4 is 28.9 Å². The fourth-order valence-corrected chi connectivity index (χ4v) is 1.13. The number of allylic oxidation sites excluding steroid dienone is 1. The first-order valence-electron chi connectivity index (χ1n) is 3.46. The third kappa shape index (κ3) is 2.38. The van der Waals surface area contributed by atoms with Crippen LogP contribution in [0.5, 0.6) is 0 Å². The summed E-state index contributed by atoms with van der Waals surface area (Å²) in [6.07, 6.45) is 1.25. The fourth-order valence-electron chi connectivity index (χ4n) is 0.829. The van der Waals surface area contributed by atoms with E-state index < -0.39 is 0 Å². The SMILES string of the molecule is N#C/C=C(/N)c1ccc(Cl)c(Cl)c1. The molecule has 0 heterocycles. The zero-order chi connectivity index (χ0) is 9.84. The van der Waals surface area contributed by atoms with E-state index in [1.165, 1.54) is 6.08 Å². The highest BCUT2D eigenvalue weighted by Crippen LogP contribution is 2.24. The van der Waals surface area contributed by atoms with E-state index in [1.54, 1.807) is 18.2 Å². The number of hydrogen-bond acceptors (Lipinski definition) is 2. The van der Waals surface area contributed by atoms with Gasteiger partial charge >= 0.3 is 0 Å². The van der Waals surface area contributed by atoms with Gasteiger partial charge in [0.2, 0.25) is 0 Å². The second-order valence-corrected chi connectivity index (χ2v) is 3.17. The standard InChI is InChI=1S/C9H6Cl2N2/c10-7-2-1-6(5-8(7)11)9(13)3-4-12/h1-3,5H,13H2/b9-3+. The van der Waals surface area contributed by atoms with Crippen LogP contribution in [-0.4, -0.2) is 0 Å². The molecule has 0 unspecified atom stereocenters. The van der Waals surface area contributed by atoms with Gasteiger partial charge in [-0.15, -0.1) is 0 Å². The van der Waals surface area contributed by atoms with Gasteiger partial charge in [-0.1, -0.05) is 29.3 Å². The molecule has 0 aliphatic heterocycles. The van der Waals surface area contributed by atoms with Crippen molar-refractivity contribution in [3.8, 4) is 6.07 Å². The van der Waals surface area contributed by atoms with E-state index in [0.717, 1.165) is 0 Å². The fraction of sp³-hybridized carbons (Fsp3) is 0. The Balaban J connectivity index is 3.13. The van der Waals surface area contributed by atoms with Crippen LogP contribution in [0.4, 0.5) is 0 Å². The van der Waals surface area contributed by atoms with Crippen molar-refractivity contribution in [2.24, 2.45) is 5.73 Å². The molecule has 2 N–H and O–H groups in total. The molecule has 1 aromatic carbocycles. The van der Waals surface area contributed by atoms with E-state index in [9.17, 15) is 0 Å². The van der Waals surface area contributed by atoms with Crippen LogP contribution in [0, 0.1) is 11.3 Å². The third-order valence-electron chi connectivity index (χ3n) is 1.47. The molecule has 1 aromatic rings.